The third-order valence-corrected chi connectivity index (χ3v) is 6.30. The second kappa shape index (κ2) is 11.4. The number of nitrogens with one attached hydrogen (secondary N) is 1. The number of carbonyl (C=O) groups excluding carboxylic acids is 1. The summed E-state index contributed by atoms with van der Waals surface area (Å²) in [5, 5.41) is 11.6. The number of hydrogen-bond acceptors (Lipinski definition) is 9. The summed E-state index contributed by atoms with van der Waals surface area (Å²) < 4.78 is 27.9. The molecular weight excluding hydrogens is 470 g/mol. The van der Waals surface area contributed by atoms with Crippen LogP contribution in [0.4, 0.5) is 0 Å². The smallest absolute Gasteiger partial charge is 0.277 e. The first-order valence-corrected chi connectivity index (χ1v) is 12.3. The first-order chi connectivity index (χ1) is 17.0. The zero-order chi connectivity index (χ0) is 24.8. The number of nitrogens with zero attached hydrogens (tertiary/aromatic N) is 2. The number of ether oxygens (including phenoxy) is 4. The number of amides is 1. The molecule has 1 aliphatic heterocycles. The summed E-state index contributed by atoms with van der Waals surface area (Å²) in [6.07, 6.45) is 0.841. The van der Waals surface area contributed by atoms with Crippen molar-refractivity contribution in [1.82, 2.24) is 15.5 Å². The summed E-state index contributed by atoms with van der Waals surface area (Å²) in [5.74, 6) is 3.13. The van der Waals surface area contributed by atoms with Gasteiger partial charge in [-0.25, -0.2) is 0 Å². The van der Waals surface area contributed by atoms with E-state index in [1.807, 2.05) is 18.2 Å². The Morgan fingerprint density at radius 1 is 1.06 bits per heavy atom. The Labute approximate surface area is 208 Å². The lowest BCUT2D eigenvalue weighted by atomic mass is 9.95. The lowest BCUT2D eigenvalue weighted by Gasteiger charge is -2.23. The predicted octanol–water partition coefficient (Wildman–Crippen LogP) is 4.52. The molecule has 0 radical (unpaired) electrons. The van der Waals surface area contributed by atoms with E-state index in [-0.39, 0.29) is 23.6 Å². The van der Waals surface area contributed by atoms with Gasteiger partial charge in [0, 0.05) is 12.5 Å². The van der Waals surface area contributed by atoms with Crippen molar-refractivity contribution in [2.24, 2.45) is 5.92 Å². The van der Waals surface area contributed by atoms with Crippen LogP contribution >= 0.6 is 11.8 Å². The normalized spacial score (nSPS) is 13.7. The van der Waals surface area contributed by atoms with E-state index in [1.54, 1.807) is 32.4 Å². The van der Waals surface area contributed by atoms with Crippen LogP contribution in [0.1, 0.15) is 31.9 Å². The molecule has 3 aromatic rings. The monoisotopic (exact) mass is 499 g/mol. The number of aromatic nitrogens is 2. The molecule has 1 aliphatic rings. The van der Waals surface area contributed by atoms with Gasteiger partial charge in [0.1, 0.15) is 11.5 Å². The van der Waals surface area contributed by atoms with Gasteiger partial charge >= 0.3 is 0 Å². The van der Waals surface area contributed by atoms with Crippen LogP contribution in [0.5, 0.6) is 23.0 Å². The van der Waals surface area contributed by atoms with Crippen molar-refractivity contribution in [2.45, 2.75) is 31.5 Å². The topological polar surface area (TPSA) is 105 Å². The van der Waals surface area contributed by atoms with Gasteiger partial charge in [-0.3, -0.25) is 4.79 Å². The minimum Gasteiger partial charge on any atom is -0.497 e. The van der Waals surface area contributed by atoms with Crippen LogP contribution < -0.4 is 24.3 Å². The molecule has 186 valence electrons. The fraction of sp³-hybridized carbons (Fsp3) is 0.400. The van der Waals surface area contributed by atoms with E-state index >= 15 is 0 Å². The summed E-state index contributed by atoms with van der Waals surface area (Å²) >= 11 is 1.18. The molecule has 1 aromatic heterocycles. The fourth-order valence-electron chi connectivity index (χ4n) is 3.70. The fourth-order valence-corrected chi connectivity index (χ4v) is 4.28. The zero-order valence-corrected chi connectivity index (χ0v) is 21.0. The number of fused-ring (bicyclic) bond motifs is 1. The number of benzene rings is 2. The summed E-state index contributed by atoms with van der Waals surface area (Å²) in [4.78, 5) is 12.8. The third-order valence-electron chi connectivity index (χ3n) is 5.49. The van der Waals surface area contributed by atoms with Gasteiger partial charge in [0.2, 0.25) is 5.91 Å². The molecule has 0 saturated heterocycles. The lowest BCUT2D eigenvalue weighted by molar-refractivity contribution is -0.119. The van der Waals surface area contributed by atoms with Gasteiger partial charge in [-0.2, -0.15) is 0 Å². The van der Waals surface area contributed by atoms with Crippen molar-refractivity contribution in [1.29, 1.82) is 0 Å². The number of rotatable bonds is 9. The van der Waals surface area contributed by atoms with E-state index in [1.165, 1.54) is 11.8 Å². The average molecular weight is 500 g/mol. The van der Waals surface area contributed by atoms with E-state index in [4.69, 9.17) is 23.4 Å². The second-order valence-electron chi connectivity index (χ2n) is 8.27. The Hall–Kier alpha value is -3.40. The Morgan fingerprint density at radius 3 is 2.60 bits per heavy atom. The van der Waals surface area contributed by atoms with Crippen LogP contribution in [0.2, 0.25) is 0 Å². The SMILES string of the molecule is COc1ccc(-c2nnc(SCC(=O)NC(c3ccc4c(c3)OCCCO4)C(C)C)o2)c(OC)c1. The highest BCUT2D eigenvalue weighted by Gasteiger charge is 2.22. The number of methoxy groups -OCH3 is 2. The standard InChI is InChI=1S/C25H29N3O6S/c1-15(2)23(16-6-9-19-21(12-16)33-11-5-10-32-19)26-22(29)14-35-25-28-27-24(34-25)18-8-7-17(30-3)13-20(18)31-4/h6-9,12-13,15,23H,5,10-11,14H2,1-4H3,(H,26,29). The van der Waals surface area contributed by atoms with Gasteiger partial charge < -0.3 is 28.7 Å². The second-order valence-corrected chi connectivity index (χ2v) is 9.20. The molecule has 4 rings (SSSR count). The van der Waals surface area contributed by atoms with Crippen LogP contribution in [0, 0.1) is 5.92 Å². The summed E-state index contributed by atoms with van der Waals surface area (Å²) in [6.45, 7) is 5.37. The summed E-state index contributed by atoms with van der Waals surface area (Å²) in [5.41, 5.74) is 1.61. The van der Waals surface area contributed by atoms with E-state index in [2.05, 4.69) is 29.4 Å². The third kappa shape index (κ3) is 6.00. The summed E-state index contributed by atoms with van der Waals surface area (Å²) in [7, 11) is 3.14. The first-order valence-electron chi connectivity index (χ1n) is 11.4. The van der Waals surface area contributed by atoms with E-state index in [0.717, 1.165) is 17.7 Å². The van der Waals surface area contributed by atoms with Crippen molar-refractivity contribution in [2.75, 3.05) is 33.2 Å². The maximum atomic E-state index is 12.8. The molecule has 1 atom stereocenters. The van der Waals surface area contributed by atoms with E-state index < -0.39 is 0 Å². The van der Waals surface area contributed by atoms with Crippen molar-refractivity contribution < 1.29 is 28.2 Å². The predicted molar refractivity (Wildman–Crippen MR) is 131 cm³/mol. The van der Waals surface area contributed by atoms with Crippen LogP contribution in [0.3, 0.4) is 0 Å². The van der Waals surface area contributed by atoms with Gasteiger partial charge in [-0.1, -0.05) is 31.7 Å². The number of hydrogen-bond donors (Lipinski definition) is 1. The van der Waals surface area contributed by atoms with Crippen molar-refractivity contribution in [3.63, 3.8) is 0 Å². The molecule has 0 fully saturated rings. The minimum atomic E-state index is -0.179. The van der Waals surface area contributed by atoms with Crippen molar-refractivity contribution in [3.05, 3.63) is 42.0 Å². The van der Waals surface area contributed by atoms with Crippen LogP contribution in [-0.2, 0) is 4.79 Å². The van der Waals surface area contributed by atoms with Gasteiger partial charge in [-0.05, 0) is 35.7 Å². The maximum absolute atomic E-state index is 12.8. The molecule has 10 heteroatoms. The molecule has 0 aliphatic carbocycles. The van der Waals surface area contributed by atoms with E-state index in [9.17, 15) is 4.79 Å². The number of carbonyl (C=O) groups is 1. The van der Waals surface area contributed by atoms with Gasteiger partial charge in [0.15, 0.2) is 11.5 Å². The molecule has 1 N–H and O–H groups in total. The molecule has 0 saturated carbocycles. The molecular formula is C25H29N3O6S. The van der Waals surface area contributed by atoms with Gasteiger partial charge in [0.25, 0.3) is 11.1 Å². The molecule has 1 amide bonds. The van der Waals surface area contributed by atoms with Crippen molar-refractivity contribution >= 4 is 17.7 Å². The van der Waals surface area contributed by atoms with E-state index in [0.29, 0.717) is 47.1 Å². The van der Waals surface area contributed by atoms with Crippen LogP contribution in [0.15, 0.2) is 46.0 Å². The maximum Gasteiger partial charge on any atom is 0.277 e. The quantitative estimate of drug-likeness (QED) is 0.425. The summed E-state index contributed by atoms with van der Waals surface area (Å²) in [6, 6.07) is 11.0. The van der Waals surface area contributed by atoms with Crippen LogP contribution in [0.25, 0.3) is 11.5 Å². The van der Waals surface area contributed by atoms with Gasteiger partial charge in [0.05, 0.1) is 44.8 Å². The molecule has 1 unspecified atom stereocenters. The Bertz CT molecular complexity index is 1170. The first kappa shape index (κ1) is 24.7. The van der Waals surface area contributed by atoms with Crippen molar-refractivity contribution in [3.8, 4) is 34.5 Å². The molecule has 0 bridgehead atoms. The highest BCUT2D eigenvalue weighted by Crippen LogP contribution is 2.35. The Morgan fingerprint density at radius 2 is 1.86 bits per heavy atom. The van der Waals surface area contributed by atoms with Crippen LogP contribution in [-0.4, -0.2) is 49.3 Å². The zero-order valence-electron chi connectivity index (χ0n) is 20.2. The molecule has 0 spiro atoms. The van der Waals surface area contributed by atoms with Gasteiger partial charge in [-0.15, -0.1) is 10.2 Å². The highest BCUT2D eigenvalue weighted by atomic mass is 32.2. The highest BCUT2D eigenvalue weighted by molar-refractivity contribution is 7.99. The Kier molecular flexibility index (Phi) is 8.02. The molecule has 35 heavy (non-hydrogen) atoms. The average Bonchev–Trinajstić information content (AvgIpc) is 3.22. The Balaban J connectivity index is 1.40. The number of thioether (sulfide) groups is 1. The largest absolute Gasteiger partial charge is 0.497 e. The molecule has 2 aromatic carbocycles. The molecule has 2 heterocycles. The minimum absolute atomic E-state index is 0.134. The molecule has 9 nitrogen and oxygen atoms in total. The lowest BCUT2D eigenvalue weighted by Crippen LogP contribution is -2.33.